The molecule has 2 heterocycles. The summed E-state index contributed by atoms with van der Waals surface area (Å²) in [5, 5.41) is 9.29. The van der Waals surface area contributed by atoms with Crippen LogP contribution in [0.5, 0.6) is 0 Å². The highest BCUT2D eigenvalue weighted by molar-refractivity contribution is 5.75. The van der Waals surface area contributed by atoms with Gasteiger partial charge in [0.2, 0.25) is 5.91 Å². The van der Waals surface area contributed by atoms with Crippen LogP contribution in [0.25, 0.3) is 0 Å². The number of carbonyl (C=O) groups excluding carboxylic acids is 1. The fraction of sp³-hybridized carbons (Fsp3) is 0.667. The molecule has 7 heteroatoms. The third kappa shape index (κ3) is 3.75. The van der Waals surface area contributed by atoms with Crippen molar-refractivity contribution in [3.05, 3.63) is 28.6 Å². The number of hydrogen-bond acceptors (Lipinski definition) is 4. The Morgan fingerprint density at radius 3 is 2.52 bits per heavy atom. The molecule has 0 saturated heterocycles. The minimum atomic E-state index is -0.397. The Labute approximate surface area is 148 Å². The molecule has 25 heavy (non-hydrogen) atoms. The monoisotopic (exact) mass is 344 g/mol. The zero-order valence-corrected chi connectivity index (χ0v) is 15.5. The highest BCUT2D eigenvalue weighted by Gasteiger charge is 2.22. The molecular formula is C18H28N6O. The normalized spacial score (nSPS) is 15.6. The highest BCUT2D eigenvalue weighted by Crippen LogP contribution is 2.29. The average molecular weight is 344 g/mol. The second kappa shape index (κ2) is 7.37. The van der Waals surface area contributed by atoms with Crippen molar-refractivity contribution < 1.29 is 4.79 Å². The van der Waals surface area contributed by atoms with Crippen LogP contribution in [-0.2, 0) is 24.2 Å². The lowest BCUT2D eigenvalue weighted by Crippen LogP contribution is -2.19. The number of nitrogens with zero attached hydrogens (tertiary/aromatic N) is 5. The number of rotatable bonds is 6. The molecule has 0 radical (unpaired) electrons. The quantitative estimate of drug-likeness (QED) is 0.870. The number of primary amides is 1. The third-order valence-corrected chi connectivity index (χ3v) is 5.17. The van der Waals surface area contributed by atoms with Gasteiger partial charge in [0.15, 0.2) is 5.82 Å². The van der Waals surface area contributed by atoms with E-state index < -0.39 is 5.91 Å². The topological polar surface area (TPSA) is 91.6 Å². The van der Waals surface area contributed by atoms with Crippen LogP contribution in [-0.4, -0.2) is 30.5 Å². The van der Waals surface area contributed by atoms with Crippen LogP contribution in [0, 0.1) is 13.8 Å². The van der Waals surface area contributed by atoms with Gasteiger partial charge in [-0.05, 0) is 38.7 Å². The first-order chi connectivity index (χ1) is 12.0. The van der Waals surface area contributed by atoms with E-state index in [-0.39, 0.29) is 6.42 Å². The summed E-state index contributed by atoms with van der Waals surface area (Å²) in [6.07, 6.45) is 7.01. The number of aryl methyl sites for hydroxylation is 1. The first kappa shape index (κ1) is 17.6. The van der Waals surface area contributed by atoms with Gasteiger partial charge in [0, 0.05) is 5.69 Å². The molecular weight excluding hydrogens is 316 g/mol. The summed E-state index contributed by atoms with van der Waals surface area (Å²) >= 11 is 0. The number of hydrogen-bond donors (Lipinski definition) is 1. The van der Waals surface area contributed by atoms with Gasteiger partial charge < -0.3 is 5.73 Å². The van der Waals surface area contributed by atoms with Crippen LogP contribution in [0.15, 0.2) is 0 Å². The van der Waals surface area contributed by atoms with Gasteiger partial charge in [-0.1, -0.05) is 26.2 Å². The van der Waals surface area contributed by atoms with Gasteiger partial charge in [0.05, 0.1) is 18.2 Å². The molecule has 1 amide bonds. The Morgan fingerprint density at radius 1 is 1.20 bits per heavy atom. The van der Waals surface area contributed by atoms with Crippen molar-refractivity contribution in [1.82, 2.24) is 24.5 Å². The summed E-state index contributed by atoms with van der Waals surface area (Å²) in [5.41, 5.74) is 8.87. The Balaban J connectivity index is 1.93. The predicted octanol–water partition coefficient (Wildman–Crippen LogP) is 2.24. The molecule has 1 fully saturated rings. The zero-order chi connectivity index (χ0) is 18.0. The van der Waals surface area contributed by atoms with Crippen molar-refractivity contribution in [3.63, 3.8) is 0 Å². The van der Waals surface area contributed by atoms with Crippen molar-refractivity contribution in [2.75, 3.05) is 0 Å². The second-order valence-corrected chi connectivity index (χ2v) is 6.98. The van der Waals surface area contributed by atoms with Gasteiger partial charge in [0.25, 0.3) is 0 Å². The van der Waals surface area contributed by atoms with Crippen molar-refractivity contribution in [1.29, 1.82) is 0 Å². The first-order valence-electron chi connectivity index (χ1n) is 9.25. The fourth-order valence-electron chi connectivity index (χ4n) is 3.89. The summed E-state index contributed by atoms with van der Waals surface area (Å²) in [6, 6.07) is 0.362. The summed E-state index contributed by atoms with van der Waals surface area (Å²) < 4.78 is 4.03. The van der Waals surface area contributed by atoms with Gasteiger partial charge in [-0.25, -0.2) is 9.67 Å². The van der Waals surface area contributed by atoms with E-state index in [4.69, 9.17) is 5.73 Å². The maximum atomic E-state index is 11.3. The van der Waals surface area contributed by atoms with E-state index >= 15 is 0 Å². The second-order valence-electron chi connectivity index (χ2n) is 6.98. The number of amides is 1. The largest absolute Gasteiger partial charge is 0.369 e. The Hall–Kier alpha value is -2.18. The van der Waals surface area contributed by atoms with Crippen LogP contribution < -0.4 is 5.73 Å². The molecule has 2 aromatic heterocycles. The molecule has 0 atom stereocenters. The lowest BCUT2D eigenvalue weighted by atomic mass is 9.95. The van der Waals surface area contributed by atoms with Gasteiger partial charge in [-0.15, -0.1) is 0 Å². The van der Waals surface area contributed by atoms with Crippen LogP contribution in [0.4, 0.5) is 0 Å². The molecule has 7 nitrogen and oxygen atoms in total. The van der Waals surface area contributed by atoms with Gasteiger partial charge in [-0.2, -0.15) is 10.2 Å². The van der Waals surface area contributed by atoms with Gasteiger partial charge >= 0.3 is 0 Å². The summed E-state index contributed by atoms with van der Waals surface area (Å²) in [7, 11) is 0. The summed E-state index contributed by atoms with van der Waals surface area (Å²) in [6.45, 7) is 6.88. The van der Waals surface area contributed by atoms with E-state index in [9.17, 15) is 4.79 Å². The molecule has 0 spiro atoms. The lowest BCUT2D eigenvalue weighted by molar-refractivity contribution is -0.117. The van der Waals surface area contributed by atoms with Crippen molar-refractivity contribution >= 4 is 5.91 Å². The van der Waals surface area contributed by atoms with Crippen LogP contribution in [0.3, 0.4) is 0 Å². The smallest absolute Gasteiger partial charge is 0.225 e. The summed E-state index contributed by atoms with van der Waals surface area (Å²) in [5.74, 6) is 0.994. The molecule has 1 saturated carbocycles. The molecule has 0 bridgehead atoms. The zero-order valence-electron chi connectivity index (χ0n) is 15.5. The van der Waals surface area contributed by atoms with E-state index in [0.717, 1.165) is 30.8 Å². The molecule has 1 aliphatic carbocycles. The van der Waals surface area contributed by atoms with E-state index in [1.54, 1.807) is 0 Å². The van der Waals surface area contributed by atoms with Crippen molar-refractivity contribution in [3.8, 4) is 0 Å². The molecule has 0 aliphatic heterocycles. The van der Waals surface area contributed by atoms with Crippen LogP contribution >= 0.6 is 0 Å². The molecule has 2 aromatic rings. The molecule has 3 rings (SSSR count). The maximum absolute atomic E-state index is 11.3. The Kier molecular flexibility index (Phi) is 5.20. The standard InChI is InChI=1S/C18H28N6O/c1-4-15-12(2)21-23(13(15)3)11-18-20-17(10-16(19)25)22-24(18)14-8-6-5-7-9-14/h14H,4-11H2,1-3H3,(H2,19,25). The van der Waals surface area contributed by atoms with E-state index in [1.807, 2.05) is 16.3 Å². The number of carbonyl (C=O) groups is 1. The van der Waals surface area contributed by atoms with E-state index in [2.05, 4.69) is 29.0 Å². The number of nitrogens with two attached hydrogens (primary N) is 1. The molecule has 136 valence electrons. The minimum Gasteiger partial charge on any atom is -0.369 e. The van der Waals surface area contributed by atoms with Gasteiger partial charge in [-0.3, -0.25) is 9.48 Å². The van der Waals surface area contributed by atoms with E-state index in [1.165, 1.54) is 30.5 Å². The van der Waals surface area contributed by atoms with Gasteiger partial charge in [0.1, 0.15) is 12.4 Å². The third-order valence-electron chi connectivity index (χ3n) is 5.17. The maximum Gasteiger partial charge on any atom is 0.225 e. The fourth-order valence-corrected chi connectivity index (χ4v) is 3.89. The molecule has 1 aliphatic rings. The molecule has 0 unspecified atom stereocenters. The minimum absolute atomic E-state index is 0.0873. The number of aromatic nitrogens is 5. The first-order valence-corrected chi connectivity index (χ1v) is 9.25. The Bertz CT molecular complexity index is 754. The van der Waals surface area contributed by atoms with Crippen LogP contribution in [0.2, 0.25) is 0 Å². The SMILES string of the molecule is CCc1c(C)nn(Cc2nc(CC(N)=O)nn2C2CCCCC2)c1C. The highest BCUT2D eigenvalue weighted by atomic mass is 16.1. The molecule has 2 N–H and O–H groups in total. The van der Waals surface area contributed by atoms with Crippen LogP contribution in [0.1, 0.15) is 73.7 Å². The average Bonchev–Trinajstić information content (AvgIpc) is 3.08. The lowest BCUT2D eigenvalue weighted by Gasteiger charge is -2.23. The van der Waals surface area contributed by atoms with Crippen molar-refractivity contribution in [2.45, 2.75) is 78.3 Å². The predicted molar refractivity (Wildman–Crippen MR) is 95.2 cm³/mol. The Morgan fingerprint density at radius 2 is 1.92 bits per heavy atom. The van der Waals surface area contributed by atoms with Crippen molar-refractivity contribution in [2.24, 2.45) is 5.73 Å². The molecule has 0 aromatic carbocycles. The van der Waals surface area contributed by atoms with E-state index in [0.29, 0.717) is 18.4 Å². The summed E-state index contributed by atoms with van der Waals surface area (Å²) in [4.78, 5) is 15.9.